The van der Waals surface area contributed by atoms with E-state index in [0.29, 0.717) is 0 Å². The molecule has 0 fully saturated rings. The van der Waals surface area contributed by atoms with Crippen molar-refractivity contribution >= 4 is 0 Å². The van der Waals surface area contributed by atoms with Crippen molar-refractivity contribution in [3.05, 3.63) is 0 Å². The summed E-state index contributed by atoms with van der Waals surface area (Å²) in [6, 6.07) is 0. The second-order valence-corrected chi connectivity index (χ2v) is 12.4. The Labute approximate surface area is 280 Å². The molecule has 0 saturated heterocycles. The van der Waals surface area contributed by atoms with Crippen LogP contribution in [0.4, 0.5) is 0 Å². The first-order valence-corrected chi connectivity index (χ1v) is 19.3. The lowest BCUT2D eigenvalue weighted by atomic mass is 10.0. The largest absolute Gasteiger partial charge is 0.356 e. The zero-order chi connectivity index (χ0) is 33.1. The highest BCUT2D eigenvalue weighted by molar-refractivity contribution is 4.55. The summed E-state index contributed by atoms with van der Waals surface area (Å²) < 4.78 is 39.9. The van der Waals surface area contributed by atoms with Crippen molar-refractivity contribution in [3.63, 3.8) is 0 Å². The summed E-state index contributed by atoms with van der Waals surface area (Å²) in [5.41, 5.74) is 0. The molecular formula is C38H78O7. The van der Waals surface area contributed by atoms with Crippen LogP contribution >= 0.6 is 0 Å². The summed E-state index contributed by atoms with van der Waals surface area (Å²) in [5, 5.41) is 0. The predicted octanol–water partition coefficient (Wildman–Crippen LogP) is 11.1. The maximum atomic E-state index is 6.14. The summed E-state index contributed by atoms with van der Waals surface area (Å²) in [7, 11) is 3.51. The molecule has 0 spiro atoms. The van der Waals surface area contributed by atoms with Crippen LogP contribution in [0.2, 0.25) is 0 Å². The molecule has 0 heterocycles. The van der Waals surface area contributed by atoms with Gasteiger partial charge in [-0.05, 0) is 79.1 Å². The van der Waals surface area contributed by atoms with Crippen LogP contribution in [0.1, 0.15) is 182 Å². The first-order chi connectivity index (χ1) is 22.1. The SMILES string of the molecule is CCOC(CCCCCCCCCCCCC(OC)OC(CCCCCCCCCCCCC(OCC)OCC)OC)OCC. The van der Waals surface area contributed by atoms with Crippen molar-refractivity contribution < 1.29 is 33.2 Å². The minimum atomic E-state index is -0.163. The Kier molecular flexibility index (Phi) is 36.3. The van der Waals surface area contributed by atoms with Gasteiger partial charge >= 0.3 is 0 Å². The first kappa shape index (κ1) is 44.7. The van der Waals surface area contributed by atoms with Gasteiger partial charge in [0.15, 0.2) is 25.2 Å². The topological polar surface area (TPSA) is 64.6 Å². The van der Waals surface area contributed by atoms with E-state index >= 15 is 0 Å². The Hall–Kier alpha value is -0.280. The number of methoxy groups -OCH3 is 2. The van der Waals surface area contributed by atoms with Gasteiger partial charge < -0.3 is 33.2 Å². The molecule has 0 aliphatic carbocycles. The van der Waals surface area contributed by atoms with Gasteiger partial charge in [0.25, 0.3) is 0 Å². The lowest BCUT2D eigenvalue weighted by molar-refractivity contribution is -0.233. The molecule has 0 aromatic heterocycles. The maximum Gasteiger partial charge on any atom is 0.160 e. The lowest BCUT2D eigenvalue weighted by Gasteiger charge is -2.23. The molecule has 272 valence electrons. The normalized spacial score (nSPS) is 13.3. The number of rotatable bonds is 38. The molecule has 0 bridgehead atoms. The van der Waals surface area contributed by atoms with Crippen molar-refractivity contribution in [1.82, 2.24) is 0 Å². The number of hydrogen-bond donors (Lipinski definition) is 0. The van der Waals surface area contributed by atoms with E-state index in [-0.39, 0.29) is 25.2 Å². The fourth-order valence-electron chi connectivity index (χ4n) is 5.90. The monoisotopic (exact) mass is 647 g/mol. The Morgan fingerprint density at radius 2 is 0.489 bits per heavy atom. The van der Waals surface area contributed by atoms with Crippen LogP contribution in [0.5, 0.6) is 0 Å². The number of unbranched alkanes of at least 4 members (excludes halogenated alkanes) is 18. The van der Waals surface area contributed by atoms with Crippen LogP contribution in [-0.4, -0.2) is 65.8 Å². The summed E-state index contributed by atoms with van der Waals surface area (Å²) >= 11 is 0. The maximum absolute atomic E-state index is 6.14. The van der Waals surface area contributed by atoms with Crippen LogP contribution in [0.25, 0.3) is 0 Å². The van der Waals surface area contributed by atoms with Crippen molar-refractivity contribution in [2.75, 3.05) is 40.6 Å². The fourth-order valence-corrected chi connectivity index (χ4v) is 5.90. The molecule has 0 aromatic carbocycles. The third-order valence-corrected chi connectivity index (χ3v) is 8.50. The minimum absolute atomic E-state index is 0.00765. The van der Waals surface area contributed by atoms with E-state index in [0.717, 1.165) is 65.0 Å². The smallest absolute Gasteiger partial charge is 0.160 e. The first-order valence-electron chi connectivity index (χ1n) is 19.3. The molecule has 0 aliphatic heterocycles. The lowest BCUT2D eigenvalue weighted by Crippen LogP contribution is -2.25. The molecular weight excluding hydrogens is 568 g/mol. The van der Waals surface area contributed by atoms with E-state index < -0.39 is 0 Å². The molecule has 0 aromatic rings. The summed E-state index contributed by atoms with van der Waals surface area (Å²) in [5.74, 6) is 0. The fraction of sp³-hybridized carbons (Fsp3) is 1.00. The summed E-state index contributed by atoms with van der Waals surface area (Å²) in [6.07, 6.45) is 29.4. The summed E-state index contributed by atoms with van der Waals surface area (Å²) in [4.78, 5) is 0. The van der Waals surface area contributed by atoms with Crippen LogP contribution in [0.3, 0.4) is 0 Å². The molecule has 0 radical (unpaired) electrons. The Morgan fingerprint density at radius 3 is 0.689 bits per heavy atom. The third-order valence-electron chi connectivity index (χ3n) is 8.50. The van der Waals surface area contributed by atoms with E-state index in [1.165, 1.54) is 116 Å². The average molecular weight is 647 g/mol. The molecule has 0 saturated carbocycles. The average Bonchev–Trinajstić information content (AvgIpc) is 3.04. The van der Waals surface area contributed by atoms with Crippen molar-refractivity contribution in [2.45, 2.75) is 207 Å². The van der Waals surface area contributed by atoms with Gasteiger partial charge in [0.05, 0.1) is 0 Å². The van der Waals surface area contributed by atoms with Gasteiger partial charge in [-0.3, -0.25) is 0 Å². The second-order valence-electron chi connectivity index (χ2n) is 12.4. The van der Waals surface area contributed by atoms with Gasteiger partial charge in [-0.1, -0.05) is 103 Å². The molecule has 7 heteroatoms. The van der Waals surface area contributed by atoms with E-state index in [1.54, 1.807) is 14.2 Å². The Balaban J connectivity index is 3.63. The van der Waals surface area contributed by atoms with E-state index in [4.69, 9.17) is 33.2 Å². The van der Waals surface area contributed by atoms with Gasteiger partial charge in [-0.2, -0.15) is 0 Å². The molecule has 45 heavy (non-hydrogen) atoms. The van der Waals surface area contributed by atoms with Gasteiger partial charge in [0.2, 0.25) is 0 Å². The zero-order valence-electron chi connectivity index (χ0n) is 31.0. The van der Waals surface area contributed by atoms with Gasteiger partial charge in [-0.15, -0.1) is 0 Å². The van der Waals surface area contributed by atoms with Gasteiger partial charge in [0, 0.05) is 40.6 Å². The molecule has 0 amide bonds. The highest BCUT2D eigenvalue weighted by Crippen LogP contribution is 2.18. The van der Waals surface area contributed by atoms with E-state index in [1.807, 2.05) is 27.7 Å². The van der Waals surface area contributed by atoms with Crippen molar-refractivity contribution in [2.24, 2.45) is 0 Å². The van der Waals surface area contributed by atoms with Gasteiger partial charge in [-0.25, -0.2) is 0 Å². The molecule has 2 atom stereocenters. The molecule has 2 unspecified atom stereocenters. The Bertz CT molecular complexity index is 492. The predicted molar refractivity (Wildman–Crippen MR) is 188 cm³/mol. The van der Waals surface area contributed by atoms with Crippen molar-refractivity contribution in [3.8, 4) is 0 Å². The minimum Gasteiger partial charge on any atom is -0.356 e. The van der Waals surface area contributed by atoms with Gasteiger partial charge in [0.1, 0.15) is 0 Å². The van der Waals surface area contributed by atoms with E-state index in [2.05, 4.69) is 0 Å². The molecule has 0 aliphatic rings. The second kappa shape index (κ2) is 36.6. The summed E-state index contributed by atoms with van der Waals surface area (Å²) in [6.45, 7) is 11.1. The Morgan fingerprint density at radius 1 is 0.289 bits per heavy atom. The molecule has 0 rings (SSSR count). The quantitative estimate of drug-likeness (QED) is 0.0488. The highest BCUT2D eigenvalue weighted by atomic mass is 16.8. The standard InChI is InChI=1S/C38H78O7/c1-7-41-37(42-8-2)33-29-25-21-17-13-11-15-19-23-27-31-35(39-5)45-36(40-6)32-28-24-20-16-12-14-18-22-26-30-34-38(43-9-3)44-10-4/h35-38H,7-34H2,1-6H3. The van der Waals surface area contributed by atoms with E-state index in [9.17, 15) is 0 Å². The molecule has 7 nitrogen and oxygen atoms in total. The number of ether oxygens (including phenoxy) is 7. The number of hydrogen-bond acceptors (Lipinski definition) is 7. The van der Waals surface area contributed by atoms with Crippen LogP contribution in [0, 0.1) is 0 Å². The third kappa shape index (κ3) is 30.8. The highest BCUT2D eigenvalue weighted by Gasteiger charge is 2.15. The zero-order valence-corrected chi connectivity index (χ0v) is 31.0. The van der Waals surface area contributed by atoms with Crippen LogP contribution in [-0.2, 0) is 33.2 Å². The molecule has 0 N–H and O–H groups in total. The van der Waals surface area contributed by atoms with Crippen LogP contribution < -0.4 is 0 Å². The van der Waals surface area contributed by atoms with Crippen molar-refractivity contribution in [1.29, 1.82) is 0 Å². The van der Waals surface area contributed by atoms with Crippen LogP contribution in [0.15, 0.2) is 0 Å².